The summed E-state index contributed by atoms with van der Waals surface area (Å²) in [5, 5.41) is 9.80. The van der Waals surface area contributed by atoms with E-state index in [1.54, 1.807) is 19.1 Å². The topological polar surface area (TPSA) is 46.5 Å². The van der Waals surface area contributed by atoms with Crippen LogP contribution in [0.2, 0.25) is 0 Å². The molecule has 0 radical (unpaired) electrons. The van der Waals surface area contributed by atoms with Gasteiger partial charge in [-0.1, -0.05) is 17.7 Å². The Morgan fingerprint density at radius 2 is 2.24 bits per heavy atom. The summed E-state index contributed by atoms with van der Waals surface area (Å²) in [7, 11) is 0. The smallest absolute Gasteiger partial charge is 0.305 e. The lowest BCUT2D eigenvalue weighted by molar-refractivity contribution is -0.143. The van der Waals surface area contributed by atoms with Crippen molar-refractivity contribution in [1.29, 1.82) is 0 Å². The molecule has 1 atom stereocenters. The van der Waals surface area contributed by atoms with Crippen LogP contribution in [0, 0.1) is 12.7 Å². The molecule has 3 nitrogen and oxygen atoms in total. The predicted molar refractivity (Wildman–Crippen MR) is 62.0 cm³/mol. The quantitative estimate of drug-likeness (QED) is 0.804. The van der Waals surface area contributed by atoms with E-state index in [0.717, 1.165) is 5.56 Å². The van der Waals surface area contributed by atoms with Crippen molar-refractivity contribution in [2.24, 2.45) is 0 Å². The molecule has 0 aromatic heterocycles. The van der Waals surface area contributed by atoms with E-state index in [4.69, 9.17) is 4.74 Å². The number of hydrogen-bond donors (Lipinski definition) is 1. The summed E-state index contributed by atoms with van der Waals surface area (Å²) in [6.07, 6.45) is -0.721. The third-order valence-corrected chi connectivity index (χ3v) is 2.44. The number of carbonyl (C=O) groups is 1. The van der Waals surface area contributed by atoms with Crippen LogP contribution < -0.4 is 0 Å². The molecule has 0 aliphatic heterocycles. The lowest BCUT2D eigenvalue weighted by Gasteiger charge is -2.12. The second-order valence-corrected chi connectivity index (χ2v) is 3.88. The number of rotatable bonds is 5. The fraction of sp³-hybridized carbons (Fsp3) is 0.462. The van der Waals surface area contributed by atoms with Gasteiger partial charge in [0.2, 0.25) is 0 Å². The first-order valence-corrected chi connectivity index (χ1v) is 5.64. The van der Waals surface area contributed by atoms with Crippen LogP contribution in [0.3, 0.4) is 0 Å². The van der Waals surface area contributed by atoms with Gasteiger partial charge in [0.15, 0.2) is 0 Å². The Kier molecular flexibility index (Phi) is 5.10. The minimum atomic E-state index is -0.973. The first kappa shape index (κ1) is 13.6. The van der Waals surface area contributed by atoms with Crippen LogP contribution in [0.4, 0.5) is 4.39 Å². The number of esters is 1. The van der Waals surface area contributed by atoms with E-state index in [0.29, 0.717) is 6.61 Å². The maximum atomic E-state index is 13.4. The number of aliphatic hydroxyl groups excluding tert-OH is 1. The van der Waals surface area contributed by atoms with Gasteiger partial charge in [-0.3, -0.25) is 4.79 Å². The van der Waals surface area contributed by atoms with Gasteiger partial charge in [-0.15, -0.1) is 0 Å². The fourth-order valence-electron chi connectivity index (χ4n) is 1.56. The highest BCUT2D eigenvalue weighted by molar-refractivity contribution is 5.69. The van der Waals surface area contributed by atoms with E-state index in [1.165, 1.54) is 6.07 Å². The highest BCUT2D eigenvalue weighted by atomic mass is 19.1. The largest absolute Gasteiger partial charge is 0.466 e. The van der Waals surface area contributed by atoms with Gasteiger partial charge < -0.3 is 9.84 Å². The number of aryl methyl sites for hydroxylation is 1. The molecule has 1 N–H and O–H groups in total. The summed E-state index contributed by atoms with van der Waals surface area (Å²) in [6, 6.07) is 4.54. The van der Waals surface area contributed by atoms with Crippen molar-refractivity contribution >= 4 is 5.97 Å². The first-order valence-electron chi connectivity index (χ1n) is 5.64. The zero-order valence-electron chi connectivity index (χ0n) is 10.1. The molecule has 1 rings (SSSR count). The Morgan fingerprint density at radius 3 is 2.88 bits per heavy atom. The van der Waals surface area contributed by atoms with Crippen molar-refractivity contribution < 1.29 is 19.0 Å². The summed E-state index contributed by atoms with van der Waals surface area (Å²) in [4.78, 5) is 11.1. The van der Waals surface area contributed by atoms with Crippen molar-refractivity contribution in [2.45, 2.75) is 32.8 Å². The van der Waals surface area contributed by atoms with Gasteiger partial charge in [-0.05, 0) is 26.3 Å². The molecule has 1 aromatic carbocycles. The third kappa shape index (κ3) is 4.15. The molecule has 1 aromatic rings. The normalized spacial score (nSPS) is 12.2. The van der Waals surface area contributed by atoms with Crippen molar-refractivity contribution in [3.05, 3.63) is 35.1 Å². The fourth-order valence-corrected chi connectivity index (χ4v) is 1.56. The van der Waals surface area contributed by atoms with E-state index < -0.39 is 11.9 Å². The highest BCUT2D eigenvalue weighted by Crippen LogP contribution is 2.22. The van der Waals surface area contributed by atoms with Crippen LogP contribution in [-0.4, -0.2) is 17.7 Å². The minimum Gasteiger partial charge on any atom is -0.466 e. The Labute approximate surface area is 100 Å². The third-order valence-electron chi connectivity index (χ3n) is 2.44. The van der Waals surface area contributed by atoms with Crippen LogP contribution in [0.15, 0.2) is 18.2 Å². The zero-order valence-corrected chi connectivity index (χ0v) is 10.1. The number of halogens is 1. The van der Waals surface area contributed by atoms with E-state index in [1.807, 2.05) is 6.92 Å². The van der Waals surface area contributed by atoms with Gasteiger partial charge in [-0.25, -0.2) is 4.39 Å². The second kappa shape index (κ2) is 6.35. The predicted octanol–water partition coefficient (Wildman–Crippen LogP) is 2.51. The average Bonchev–Trinajstić information content (AvgIpc) is 2.29. The van der Waals surface area contributed by atoms with Crippen LogP contribution in [0.1, 0.15) is 37.0 Å². The van der Waals surface area contributed by atoms with Crippen LogP contribution >= 0.6 is 0 Å². The second-order valence-electron chi connectivity index (χ2n) is 3.88. The number of hydrogen-bond acceptors (Lipinski definition) is 3. The molecule has 0 bridgehead atoms. The van der Waals surface area contributed by atoms with Crippen molar-refractivity contribution in [3.63, 3.8) is 0 Å². The molecule has 0 amide bonds. The summed E-state index contributed by atoms with van der Waals surface area (Å²) >= 11 is 0. The molecule has 17 heavy (non-hydrogen) atoms. The van der Waals surface area contributed by atoms with Gasteiger partial charge in [0.1, 0.15) is 5.82 Å². The van der Waals surface area contributed by atoms with Crippen LogP contribution in [-0.2, 0) is 9.53 Å². The highest BCUT2D eigenvalue weighted by Gasteiger charge is 2.15. The molecule has 0 saturated carbocycles. The van der Waals surface area contributed by atoms with Crippen molar-refractivity contribution in [2.75, 3.05) is 6.61 Å². The van der Waals surface area contributed by atoms with Gasteiger partial charge >= 0.3 is 5.97 Å². The van der Waals surface area contributed by atoms with E-state index >= 15 is 0 Å². The van der Waals surface area contributed by atoms with Crippen molar-refractivity contribution in [3.8, 4) is 0 Å². The molecule has 94 valence electrons. The van der Waals surface area contributed by atoms with E-state index in [2.05, 4.69) is 0 Å². The molecule has 0 spiro atoms. The molecular formula is C13H17FO3. The molecule has 0 aliphatic carbocycles. The summed E-state index contributed by atoms with van der Waals surface area (Å²) in [5.41, 5.74) is 1.10. The summed E-state index contributed by atoms with van der Waals surface area (Å²) in [5.74, 6) is -0.827. The number of benzene rings is 1. The SMILES string of the molecule is CCOC(=O)CCC(O)c1cc(C)ccc1F. The number of aliphatic hydroxyl groups is 1. The monoisotopic (exact) mass is 240 g/mol. The van der Waals surface area contributed by atoms with Gasteiger partial charge in [-0.2, -0.15) is 0 Å². The Bertz CT molecular complexity index is 390. The summed E-state index contributed by atoms with van der Waals surface area (Å²) in [6.45, 7) is 3.85. The summed E-state index contributed by atoms with van der Waals surface area (Å²) < 4.78 is 18.2. The maximum Gasteiger partial charge on any atom is 0.305 e. The molecule has 0 saturated heterocycles. The Balaban J connectivity index is 2.60. The molecule has 0 fully saturated rings. The lowest BCUT2D eigenvalue weighted by atomic mass is 10.0. The van der Waals surface area contributed by atoms with E-state index in [-0.39, 0.29) is 24.4 Å². The molecule has 1 unspecified atom stereocenters. The first-order chi connectivity index (χ1) is 8.04. The molecule has 4 heteroatoms. The number of ether oxygens (including phenoxy) is 1. The van der Waals surface area contributed by atoms with Gasteiger partial charge in [0.05, 0.1) is 12.7 Å². The van der Waals surface area contributed by atoms with Gasteiger partial charge in [0, 0.05) is 12.0 Å². The average molecular weight is 240 g/mol. The van der Waals surface area contributed by atoms with Gasteiger partial charge in [0.25, 0.3) is 0 Å². The Hall–Kier alpha value is -1.42. The molecule has 0 aliphatic rings. The minimum absolute atomic E-state index is 0.0857. The molecular weight excluding hydrogens is 223 g/mol. The maximum absolute atomic E-state index is 13.4. The standard InChI is InChI=1S/C13H17FO3/c1-3-17-13(16)7-6-12(15)10-8-9(2)4-5-11(10)14/h4-5,8,12,15H,3,6-7H2,1-2H3. The Morgan fingerprint density at radius 1 is 1.53 bits per heavy atom. The molecule has 0 heterocycles. The van der Waals surface area contributed by atoms with E-state index in [9.17, 15) is 14.3 Å². The lowest BCUT2D eigenvalue weighted by Crippen LogP contribution is -2.08. The number of carbonyl (C=O) groups excluding carboxylic acids is 1. The van der Waals surface area contributed by atoms with Crippen LogP contribution in [0.5, 0.6) is 0 Å². The zero-order chi connectivity index (χ0) is 12.8. The van der Waals surface area contributed by atoms with Crippen LogP contribution in [0.25, 0.3) is 0 Å². The van der Waals surface area contributed by atoms with Crippen molar-refractivity contribution in [1.82, 2.24) is 0 Å².